The van der Waals surface area contributed by atoms with Crippen molar-refractivity contribution in [2.75, 3.05) is 0 Å². The molecule has 0 N–H and O–H groups in total. The second kappa shape index (κ2) is 6.61. The number of rotatable bonds is 1. The summed E-state index contributed by atoms with van der Waals surface area (Å²) in [6.07, 6.45) is 6.39. The first-order valence-electron chi connectivity index (χ1n) is 3.89. The van der Waals surface area contributed by atoms with Crippen molar-refractivity contribution in [1.29, 1.82) is 0 Å². The fourth-order valence-electron chi connectivity index (χ4n) is 1.43. The maximum atomic E-state index is 10.5. The molecule has 11 heavy (non-hydrogen) atoms. The summed E-state index contributed by atoms with van der Waals surface area (Å²) in [5.41, 5.74) is 0. The number of hydrogen-bond donors (Lipinski definition) is 0. The van der Waals surface area contributed by atoms with Crippen LogP contribution in [-0.2, 0) is 11.1 Å². The van der Waals surface area contributed by atoms with Gasteiger partial charge in [-0.1, -0.05) is 36.8 Å². The fraction of sp³-hybridized carbons (Fsp3) is 1.00. The normalized spacial score (nSPS) is 23.4. The molecule has 0 aromatic heterocycles. The average molecular weight is 184 g/mol. The molecule has 1 fully saturated rings. The van der Waals surface area contributed by atoms with Gasteiger partial charge in [-0.3, -0.25) is 4.21 Å². The van der Waals surface area contributed by atoms with Crippen LogP contribution in [0, 0.1) is 0 Å². The van der Waals surface area contributed by atoms with Gasteiger partial charge in [0, 0.05) is 5.25 Å². The average Bonchev–Trinajstić information content (AvgIpc) is 2.12. The Morgan fingerprint density at radius 3 is 1.91 bits per heavy atom. The van der Waals surface area contributed by atoms with Gasteiger partial charge in [-0.2, -0.15) is 0 Å². The second-order valence-corrected chi connectivity index (χ2v) is 4.06. The first kappa shape index (κ1) is 12.1. The molecule has 0 spiro atoms. The maximum absolute atomic E-state index is 10.5. The summed E-state index contributed by atoms with van der Waals surface area (Å²) < 4.78 is 21.0. The van der Waals surface area contributed by atoms with Gasteiger partial charge in [0.2, 0.25) is 0 Å². The zero-order chi connectivity index (χ0) is 7.40. The summed E-state index contributed by atoms with van der Waals surface area (Å²) in [7, 11) is 0. The van der Waals surface area contributed by atoms with Gasteiger partial charge in [0.05, 0.1) is 0 Å². The van der Waals surface area contributed by atoms with Gasteiger partial charge in [-0.05, 0) is 12.8 Å². The molecule has 0 aromatic carbocycles. The Balaban J connectivity index is 0.000001000. The van der Waals surface area contributed by atoms with Crippen molar-refractivity contribution < 1.29 is 38.3 Å². The Hall–Kier alpha value is 1.11. The predicted octanol–water partition coefficient (Wildman–Crippen LogP) is -1.41. The molecular formula is C7H13NaO2S. The van der Waals surface area contributed by atoms with Gasteiger partial charge in [0.1, 0.15) is 0 Å². The van der Waals surface area contributed by atoms with E-state index in [1.165, 1.54) is 12.8 Å². The summed E-state index contributed by atoms with van der Waals surface area (Å²) in [6.45, 7) is 0. The van der Waals surface area contributed by atoms with Crippen LogP contribution in [0.3, 0.4) is 0 Å². The van der Waals surface area contributed by atoms with Crippen molar-refractivity contribution in [3.05, 3.63) is 0 Å². The molecule has 0 bridgehead atoms. The third-order valence-corrected chi connectivity index (χ3v) is 3.09. The Bertz CT molecular complexity index is 122. The third kappa shape index (κ3) is 4.63. The maximum Gasteiger partial charge on any atom is 1.00 e. The molecular weight excluding hydrogens is 171 g/mol. The van der Waals surface area contributed by atoms with Crippen LogP contribution < -0.4 is 29.6 Å². The SMILES string of the molecule is O=S([O-])C1CCCCCC1.[Na+]. The van der Waals surface area contributed by atoms with Gasteiger partial charge in [-0.25, -0.2) is 0 Å². The predicted molar refractivity (Wildman–Crippen MR) is 40.4 cm³/mol. The van der Waals surface area contributed by atoms with Crippen molar-refractivity contribution in [2.24, 2.45) is 0 Å². The van der Waals surface area contributed by atoms with Crippen LogP contribution in [0.2, 0.25) is 0 Å². The van der Waals surface area contributed by atoms with E-state index >= 15 is 0 Å². The van der Waals surface area contributed by atoms with Crippen LogP contribution in [0.1, 0.15) is 38.5 Å². The largest absolute Gasteiger partial charge is 1.00 e. The van der Waals surface area contributed by atoms with E-state index in [0.717, 1.165) is 25.7 Å². The molecule has 0 heterocycles. The van der Waals surface area contributed by atoms with Crippen LogP contribution in [0.15, 0.2) is 0 Å². The van der Waals surface area contributed by atoms with Crippen molar-refractivity contribution in [3.8, 4) is 0 Å². The topological polar surface area (TPSA) is 40.1 Å². The van der Waals surface area contributed by atoms with E-state index in [0.29, 0.717) is 0 Å². The molecule has 1 atom stereocenters. The Morgan fingerprint density at radius 2 is 1.55 bits per heavy atom. The van der Waals surface area contributed by atoms with Gasteiger partial charge in [-0.15, -0.1) is 0 Å². The van der Waals surface area contributed by atoms with E-state index in [2.05, 4.69) is 0 Å². The quantitative estimate of drug-likeness (QED) is 0.285. The second-order valence-electron chi connectivity index (χ2n) is 2.87. The Labute approximate surface area is 92.7 Å². The van der Waals surface area contributed by atoms with Gasteiger partial charge in [0.25, 0.3) is 0 Å². The standard InChI is InChI=1S/C7H14O2S.Na/c8-10(9)7-5-3-1-2-4-6-7;/h7H,1-6H2,(H,8,9);/q;+1/p-1. The summed E-state index contributed by atoms with van der Waals surface area (Å²) >= 11 is -1.81. The fourth-order valence-corrected chi connectivity index (χ4v) is 2.15. The van der Waals surface area contributed by atoms with E-state index in [-0.39, 0.29) is 34.8 Å². The van der Waals surface area contributed by atoms with Crippen molar-refractivity contribution in [3.63, 3.8) is 0 Å². The molecule has 0 saturated heterocycles. The van der Waals surface area contributed by atoms with Crippen molar-refractivity contribution in [1.82, 2.24) is 0 Å². The molecule has 60 valence electrons. The molecule has 1 unspecified atom stereocenters. The molecule has 0 amide bonds. The van der Waals surface area contributed by atoms with E-state index < -0.39 is 11.1 Å². The minimum absolute atomic E-state index is 0. The molecule has 0 aromatic rings. The monoisotopic (exact) mass is 184 g/mol. The summed E-state index contributed by atoms with van der Waals surface area (Å²) in [5, 5.41) is -0.0394. The molecule has 1 aliphatic rings. The molecule has 0 aliphatic heterocycles. The zero-order valence-corrected chi connectivity index (χ0v) is 9.86. The van der Waals surface area contributed by atoms with Crippen LogP contribution in [0.5, 0.6) is 0 Å². The van der Waals surface area contributed by atoms with Gasteiger partial charge < -0.3 is 4.55 Å². The van der Waals surface area contributed by atoms with Crippen LogP contribution in [0.4, 0.5) is 0 Å². The zero-order valence-electron chi connectivity index (χ0n) is 7.04. The first-order valence-corrected chi connectivity index (χ1v) is 5.02. The molecule has 1 aliphatic carbocycles. The first-order chi connectivity index (χ1) is 4.80. The minimum Gasteiger partial charge on any atom is -0.772 e. The van der Waals surface area contributed by atoms with Crippen molar-refractivity contribution in [2.45, 2.75) is 43.8 Å². The summed E-state index contributed by atoms with van der Waals surface area (Å²) in [5.74, 6) is 0. The minimum atomic E-state index is -1.81. The van der Waals surface area contributed by atoms with Crippen molar-refractivity contribution >= 4 is 11.1 Å². The van der Waals surface area contributed by atoms with E-state index in [4.69, 9.17) is 0 Å². The van der Waals surface area contributed by atoms with E-state index in [1.807, 2.05) is 0 Å². The molecule has 4 heteroatoms. The van der Waals surface area contributed by atoms with Gasteiger partial charge in [0.15, 0.2) is 0 Å². The van der Waals surface area contributed by atoms with Crippen LogP contribution >= 0.6 is 0 Å². The number of hydrogen-bond acceptors (Lipinski definition) is 2. The Morgan fingerprint density at radius 1 is 1.09 bits per heavy atom. The molecule has 1 rings (SSSR count). The summed E-state index contributed by atoms with van der Waals surface area (Å²) in [6, 6.07) is 0. The summed E-state index contributed by atoms with van der Waals surface area (Å²) in [4.78, 5) is 0. The van der Waals surface area contributed by atoms with Gasteiger partial charge >= 0.3 is 29.6 Å². The molecule has 0 radical (unpaired) electrons. The molecule has 1 saturated carbocycles. The Kier molecular flexibility index (Phi) is 7.27. The molecule has 2 nitrogen and oxygen atoms in total. The van der Waals surface area contributed by atoms with Crippen LogP contribution in [0.25, 0.3) is 0 Å². The van der Waals surface area contributed by atoms with E-state index in [9.17, 15) is 8.76 Å². The third-order valence-electron chi connectivity index (χ3n) is 2.07. The van der Waals surface area contributed by atoms with E-state index in [1.54, 1.807) is 0 Å². The van der Waals surface area contributed by atoms with Crippen LogP contribution in [-0.4, -0.2) is 14.0 Å². The smallest absolute Gasteiger partial charge is 0.772 e.